The van der Waals surface area contributed by atoms with Gasteiger partial charge >= 0.3 is 0 Å². The van der Waals surface area contributed by atoms with Crippen LogP contribution in [0.5, 0.6) is 11.5 Å². The summed E-state index contributed by atoms with van der Waals surface area (Å²) in [6.07, 6.45) is 0.700. The Morgan fingerprint density at radius 1 is 1.00 bits per heavy atom. The Morgan fingerprint density at radius 3 is 2.21 bits per heavy atom. The minimum absolute atomic E-state index is 0.139. The molecule has 29 heavy (non-hydrogen) atoms. The first-order chi connectivity index (χ1) is 13.8. The molecular weight excluding hydrogens is 392 g/mol. The van der Waals surface area contributed by atoms with Crippen molar-refractivity contribution in [3.63, 3.8) is 0 Å². The number of amides is 1. The first-order valence-corrected chi connectivity index (χ1v) is 10.9. The summed E-state index contributed by atoms with van der Waals surface area (Å²) in [7, 11) is -1.92. The van der Waals surface area contributed by atoms with Gasteiger partial charge in [-0.2, -0.15) is 0 Å². The lowest BCUT2D eigenvalue weighted by Crippen LogP contribution is -2.30. The van der Waals surface area contributed by atoms with Crippen molar-refractivity contribution in [1.82, 2.24) is 10.0 Å². The number of carbonyl (C=O) groups is 1. The normalized spacial score (nSPS) is 11.3. The summed E-state index contributed by atoms with van der Waals surface area (Å²) < 4.78 is 37.4. The number of sulfonamides is 1. The van der Waals surface area contributed by atoms with Crippen LogP contribution >= 0.6 is 0 Å². The van der Waals surface area contributed by atoms with E-state index in [4.69, 9.17) is 9.47 Å². The predicted molar refractivity (Wildman–Crippen MR) is 112 cm³/mol. The van der Waals surface area contributed by atoms with Crippen molar-refractivity contribution < 1.29 is 22.7 Å². The van der Waals surface area contributed by atoms with Crippen molar-refractivity contribution in [2.75, 3.05) is 26.8 Å². The lowest BCUT2D eigenvalue weighted by atomic mass is 10.1. The largest absolute Gasteiger partial charge is 0.497 e. The summed E-state index contributed by atoms with van der Waals surface area (Å²) in [6.45, 7) is 4.59. The van der Waals surface area contributed by atoms with Crippen LogP contribution in [0.2, 0.25) is 0 Å². The van der Waals surface area contributed by atoms with Crippen LogP contribution in [0.25, 0.3) is 0 Å². The maximum atomic E-state index is 12.2. The summed E-state index contributed by atoms with van der Waals surface area (Å²) in [5.41, 5.74) is 1.09. The molecule has 0 saturated heterocycles. The number of rotatable bonds is 11. The number of nitrogens with one attached hydrogen (secondary N) is 2. The number of carbonyl (C=O) groups excluding carboxylic acids is 1. The van der Waals surface area contributed by atoms with E-state index in [0.717, 1.165) is 11.3 Å². The van der Waals surface area contributed by atoms with Crippen LogP contribution in [-0.4, -0.2) is 41.1 Å². The second-order valence-electron chi connectivity index (χ2n) is 6.95. The van der Waals surface area contributed by atoms with Gasteiger partial charge in [0.15, 0.2) is 6.61 Å². The monoisotopic (exact) mass is 420 g/mol. The summed E-state index contributed by atoms with van der Waals surface area (Å²) >= 11 is 0. The van der Waals surface area contributed by atoms with E-state index in [1.807, 2.05) is 38.1 Å². The molecule has 2 rings (SSSR count). The highest BCUT2D eigenvalue weighted by Gasteiger charge is 2.14. The molecule has 0 aliphatic heterocycles. The fraction of sp³-hybridized carbons (Fsp3) is 0.381. The first-order valence-electron chi connectivity index (χ1n) is 9.42. The van der Waals surface area contributed by atoms with Gasteiger partial charge in [0.2, 0.25) is 10.0 Å². The van der Waals surface area contributed by atoms with E-state index >= 15 is 0 Å². The zero-order valence-electron chi connectivity index (χ0n) is 17.0. The van der Waals surface area contributed by atoms with E-state index in [1.54, 1.807) is 7.11 Å². The van der Waals surface area contributed by atoms with Crippen molar-refractivity contribution in [3.05, 3.63) is 54.1 Å². The Morgan fingerprint density at radius 2 is 1.62 bits per heavy atom. The molecule has 0 aliphatic carbocycles. The van der Waals surface area contributed by atoms with Gasteiger partial charge in [0.1, 0.15) is 11.5 Å². The van der Waals surface area contributed by atoms with E-state index in [-0.39, 0.29) is 23.3 Å². The van der Waals surface area contributed by atoms with Crippen LogP contribution < -0.4 is 19.5 Å². The SMILES string of the molecule is COc1ccc(CCNC(=O)COc2ccc(S(=O)(=O)NCC(C)C)cc2)cc1. The Hall–Kier alpha value is -2.58. The summed E-state index contributed by atoms with van der Waals surface area (Å²) in [4.78, 5) is 12.1. The highest BCUT2D eigenvalue weighted by molar-refractivity contribution is 7.89. The van der Waals surface area contributed by atoms with Gasteiger partial charge in [0.25, 0.3) is 5.91 Å². The molecule has 0 unspecified atom stereocenters. The average Bonchev–Trinajstić information content (AvgIpc) is 2.71. The zero-order chi connectivity index (χ0) is 21.3. The van der Waals surface area contributed by atoms with Gasteiger partial charge in [0.05, 0.1) is 12.0 Å². The minimum Gasteiger partial charge on any atom is -0.497 e. The fourth-order valence-corrected chi connectivity index (χ4v) is 3.63. The van der Waals surface area contributed by atoms with Gasteiger partial charge in [-0.25, -0.2) is 13.1 Å². The molecule has 0 saturated carbocycles. The number of hydrogen-bond acceptors (Lipinski definition) is 5. The van der Waals surface area contributed by atoms with Crippen LogP contribution in [0.15, 0.2) is 53.4 Å². The van der Waals surface area contributed by atoms with E-state index in [2.05, 4.69) is 10.0 Å². The number of ether oxygens (including phenoxy) is 2. The third kappa shape index (κ3) is 7.75. The van der Waals surface area contributed by atoms with Crippen molar-refractivity contribution >= 4 is 15.9 Å². The quantitative estimate of drug-likeness (QED) is 0.582. The molecule has 0 aliphatic rings. The van der Waals surface area contributed by atoms with Gasteiger partial charge in [-0.15, -0.1) is 0 Å². The maximum absolute atomic E-state index is 12.2. The standard InChI is InChI=1S/C21H28N2O5S/c1-16(2)14-23-29(25,26)20-10-8-19(9-11-20)28-15-21(24)22-13-12-17-4-6-18(27-3)7-5-17/h4-11,16,23H,12-15H2,1-3H3,(H,22,24). The lowest BCUT2D eigenvalue weighted by Gasteiger charge is -2.10. The lowest BCUT2D eigenvalue weighted by molar-refractivity contribution is -0.123. The van der Waals surface area contributed by atoms with Crippen LogP contribution in [-0.2, 0) is 21.2 Å². The molecule has 158 valence electrons. The molecule has 0 aromatic heterocycles. The van der Waals surface area contributed by atoms with Crippen molar-refractivity contribution in [1.29, 1.82) is 0 Å². The average molecular weight is 421 g/mol. The maximum Gasteiger partial charge on any atom is 0.257 e. The van der Waals surface area contributed by atoms with Crippen molar-refractivity contribution in [2.45, 2.75) is 25.2 Å². The summed E-state index contributed by atoms with van der Waals surface area (Å²) in [5, 5.41) is 2.79. The van der Waals surface area contributed by atoms with E-state index in [1.165, 1.54) is 24.3 Å². The van der Waals surface area contributed by atoms with Crippen LogP contribution in [0.1, 0.15) is 19.4 Å². The highest BCUT2D eigenvalue weighted by atomic mass is 32.2. The van der Waals surface area contributed by atoms with E-state index in [9.17, 15) is 13.2 Å². The Balaban J connectivity index is 1.75. The Labute approximate surface area is 172 Å². The van der Waals surface area contributed by atoms with Crippen molar-refractivity contribution in [3.8, 4) is 11.5 Å². The fourth-order valence-electron chi connectivity index (χ4n) is 2.41. The molecule has 7 nitrogen and oxygen atoms in total. The summed E-state index contributed by atoms with van der Waals surface area (Å²) in [5.74, 6) is 1.20. The molecule has 0 atom stereocenters. The molecule has 0 heterocycles. The van der Waals surface area contributed by atoms with Crippen LogP contribution in [0.3, 0.4) is 0 Å². The third-order valence-electron chi connectivity index (χ3n) is 4.08. The summed E-state index contributed by atoms with van der Waals surface area (Å²) in [6, 6.07) is 13.6. The van der Waals surface area contributed by atoms with Gasteiger partial charge in [0, 0.05) is 13.1 Å². The van der Waals surface area contributed by atoms with E-state index in [0.29, 0.717) is 25.3 Å². The smallest absolute Gasteiger partial charge is 0.257 e. The molecule has 0 radical (unpaired) electrons. The number of benzene rings is 2. The topological polar surface area (TPSA) is 93.7 Å². The second-order valence-corrected chi connectivity index (χ2v) is 8.72. The van der Waals surface area contributed by atoms with Gasteiger partial charge in [-0.05, 0) is 54.3 Å². The minimum atomic E-state index is -3.54. The van der Waals surface area contributed by atoms with Crippen LogP contribution in [0, 0.1) is 5.92 Å². The predicted octanol–water partition coefficient (Wildman–Crippen LogP) is 2.37. The van der Waals surface area contributed by atoms with Gasteiger partial charge in [-0.3, -0.25) is 4.79 Å². The molecule has 0 bridgehead atoms. The number of hydrogen-bond donors (Lipinski definition) is 2. The molecule has 0 fully saturated rings. The zero-order valence-corrected chi connectivity index (χ0v) is 17.8. The molecule has 1 amide bonds. The van der Waals surface area contributed by atoms with Crippen molar-refractivity contribution in [2.24, 2.45) is 5.92 Å². The van der Waals surface area contributed by atoms with Gasteiger partial charge < -0.3 is 14.8 Å². The Kier molecular flexibility index (Phi) is 8.48. The second kappa shape index (κ2) is 10.8. The first kappa shape index (κ1) is 22.7. The molecular formula is C21H28N2O5S. The van der Waals surface area contributed by atoms with Crippen LogP contribution in [0.4, 0.5) is 0 Å². The molecule has 8 heteroatoms. The third-order valence-corrected chi connectivity index (χ3v) is 5.52. The molecule has 2 aromatic carbocycles. The molecule has 2 aromatic rings. The van der Waals surface area contributed by atoms with E-state index < -0.39 is 10.0 Å². The number of methoxy groups -OCH3 is 1. The highest BCUT2D eigenvalue weighted by Crippen LogP contribution is 2.16. The van der Waals surface area contributed by atoms with Gasteiger partial charge in [-0.1, -0.05) is 26.0 Å². The Bertz CT molecular complexity index is 878. The molecule has 0 spiro atoms. The molecule has 2 N–H and O–H groups in total.